The average Bonchev–Trinajstić information content (AvgIpc) is 3.08. The maximum Gasteiger partial charge on any atom is 0.269 e. The summed E-state index contributed by atoms with van der Waals surface area (Å²) in [5.41, 5.74) is 0.635. The van der Waals surface area contributed by atoms with Crippen LogP contribution in [0.4, 0.5) is 0 Å². The lowest BCUT2D eigenvalue weighted by molar-refractivity contribution is 0.415. The molecule has 22 heavy (non-hydrogen) atoms. The fourth-order valence-electron chi connectivity index (χ4n) is 2.06. The van der Waals surface area contributed by atoms with Crippen molar-refractivity contribution in [3.05, 3.63) is 57.7 Å². The Labute approximate surface area is 130 Å². The first-order chi connectivity index (χ1) is 10.7. The standard InChI is InChI=1S/C16H11N3O2S/c1-21-11-6-4-10(5-7-11)14-12(9-17)16(20)19-15(18-14)13-3-2-8-22-13/h2-8H,1H3,(H,18,19,20). The van der Waals surface area contributed by atoms with E-state index < -0.39 is 5.56 Å². The summed E-state index contributed by atoms with van der Waals surface area (Å²) in [5.74, 6) is 1.16. The van der Waals surface area contributed by atoms with E-state index in [0.717, 1.165) is 4.88 Å². The summed E-state index contributed by atoms with van der Waals surface area (Å²) in [4.78, 5) is 20.1. The molecule has 0 aliphatic rings. The van der Waals surface area contributed by atoms with Gasteiger partial charge in [-0.2, -0.15) is 5.26 Å². The number of benzene rings is 1. The zero-order valence-corrected chi connectivity index (χ0v) is 12.5. The molecule has 0 unspecified atom stereocenters. The van der Waals surface area contributed by atoms with Gasteiger partial charge in [0.25, 0.3) is 5.56 Å². The number of hydrogen-bond donors (Lipinski definition) is 1. The van der Waals surface area contributed by atoms with E-state index in [-0.39, 0.29) is 5.56 Å². The van der Waals surface area contributed by atoms with Crippen molar-refractivity contribution in [2.75, 3.05) is 7.11 Å². The Hall–Kier alpha value is -2.91. The van der Waals surface area contributed by atoms with Crippen LogP contribution in [0.3, 0.4) is 0 Å². The first kappa shape index (κ1) is 14.0. The van der Waals surface area contributed by atoms with Gasteiger partial charge in [0.05, 0.1) is 17.7 Å². The monoisotopic (exact) mass is 309 g/mol. The third-order valence-electron chi connectivity index (χ3n) is 3.15. The molecule has 3 rings (SSSR count). The van der Waals surface area contributed by atoms with Crippen LogP contribution in [0.25, 0.3) is 22.0 Å². The summed E-state index contributed by atoms with van der Waals surface area (Å²) in [6, 6.07) is 12.8. The van der Waals surface area contributed by atoms with Gasteiger partial charge in [-0.05, 0) is 35.7 Å². The number of hydrogen-bond acceptors (Lipinski definition) is 5. The summed E-state index contributed by atoms with van der Waals surface area (Å²) >= 11 is 1.47. The summed E-state index contributed by atoms with van der Waals surface area (Å²) in [7, 11) is 1.58. The minimum atomic E-state index is -0.438. The third kappa shape index (κ3) is 2.50. The predicted octanol–water partition coefficient (Wildman–Crippen LogP) is 3.05. The van der Waals surface area contributed by atoms with Crippen molar-refractivity contribution in [1.82, 2.24) is 9.97 Å². The number of H-pyrrole nitrogens is 1. The van der Waals surface area contributed by atoms with Crippen LogP contribution in [0.5, 0.6) is 5.75 Å². The molecule has 0 radical (unpaired) electrons. The second-order valence-corrected chi connectivity index (χ2v) is 5.40. The molecule has 2 aromatic heterocycles. The number of ether oxygens (including phenoxy) is 1. The van der Waals surface area contributed by atoms with Crippen LogP contribution in [0.1, 0.15) is 5.56 Å². The van der Waals surface area contributed by atoms with Gasteiger partial charge in [-0.1, -0.05) is 6.07 Å². The van der Waals surface area contributed by atoms with Crippen LogP contribution in [0, 0.1) is 11.3 Å². The Balaban J connectivity index is 2.20. The SMILES string of the molecule is COc1ccc(-c2nc(-c3cccs3)[nH]c(=O)c2C#N)cc1. The van der Waals surface area contributed by atoms with Gasteiger partial charge in [0.2, 0.25) is 0 Å². The lowest BCUT2D eigenvalue weighted by Gasteiger charge is -2.06. The van der Waals surface area contributed by atoms with Gasteiger partial charge in [0.1, 0.15) is 17.4 Å². The summed E-state index contributed by atoms with van der Waals surface area (Å²) in [6.45, 7) is 0. The van der Waals surface area contributed by atoms with Gasteiger partial charge in [-0.15, -0.1) is 11.3 Å². The number of rotatable bonds is 3. The Morgan fingerprint density at radius 2 is 2.05 bits per heavy atom. The van der Waals surface area contributed by atoms with Gasteiger partial charge in [0.15, 0.2) is 5.82 Å². The van der Waals surface area contributed by atoms with E-state index in [9.17, 15) is 10.1 Å². The third-order valence-corrected chi connectivity index (χ3v) is 4.03. The molecule has 0 saturated carbocycles. The van der Waals surface area contributed by atoms with Crippen molar-refractivity contribution in [1.29, 1.82) is 5.26 Å². The Morgan fingerprint density at radius 1 is 1.27 bits per heavy atom. The van der Waals surface area contributed by atoms with Crippen LogP contribution >= 0.6 is 11.3 Å². The van der Waals surface area contributed by atoms with E-state index in [2.05, 4.69) is 9.97 Å². The molecule has 0 aliphatic carbocycles. The highest BCUT2D eigenvalue weighted by atomic mass is 32.1. The Morgan fingerprint density at radius 3 is 2.64 bits per heavy atom. The second-order valence-electron chi connectivity index (χ2n) is 4.46. The van der Waals surface area contributed by atoms with Crippen molar-refractivity contribution in [3.63, 3.8) is 0 Å². The van der Waals surface area contributed by atoms with E-state index in [1.165, 1.54) is 11.3 Å². The maximum absolute atomic E-state index is 12.1. The van der Waals surface area contributed by atoms with Gasteiger partial charge < -0.3 is 9.72 Å². The number of thiophene rings is 1. The fourth-order valence-corrected chi connectivity index (χ4v) is 2.73. The average molecular weight is 309 g/mol. The fraction of sp³-hybridized carbons (Fsp3) is 0.0625. The van der Waals surface area contributed by atoms with Crippen molar-refractivity contribution in [3.8, 4) is 33.8 Å². The normalized spacial score (nSPS) is 10.2. The highest BCUT2D eigenvalue weighted by Crippen LogP contribution is 2.26. The number of nitriles is 1. The molecule has 3 aromatic rings. The molecule has 5 nitrogen and oxygen atoms in total. The molecule has 0 aliphatic heterocycles. The first-order valence-corrected chi connectivity index (χ1v) is 7.33. The largest absolute Gasteiger partial charge is 0.497 e. The maximum atomic E-state index is 12.1. The molecule has 0 bridgehead atoms. The molecule has 1 N–H and O–H groups in total. The molecule has 0 amide bonds. The lowest BCUT2D eigenvalue weighted by atomic mass is 10.1. The Bertz CT molecular complexity index is 891. The quantitative estimate of drug-likeness (QED) is 0.806. The molecule has 108 valence electrons. The van der Waals surface area contributed by atoms with Crippen LogP contribution < -0.4 is 10.3 Å². The van der Waals surface area contributed by atoms with Crippen LogP contribution in [-0.2, 0) is 0 Å². The van der Waals surface area contributed by atoms with Crippen LogP contribution in [0.15, 0.2) is 46.6 Å². The molecule has 0 saturated heterocycles. The number of aromatic nitrogens is 2. The molecular weight excluding hydrogens is 298 g/mol. The molecule has 1 aromatic carbocycles. The molecular formula is C16H11N3O2S. The number of nitrogens with one attached hydrogen (secondary N) is 1. The highest BCUT2D eigenvalue weighted by Gasteiger charge is 2.14. The summed E-state index contributed by atoms with van der Waals surface area (Å²) in [5, 5.41) is 11.2. The van der Waals surface area contributed by atoms with Crippen LogP contribution in [-0.4, -0.2) is 17.1 Å². The first-order valence-electron chi connectivity index (χ1n) is 6.45. The van der Waals surface area contributed by atoms with E-state index in [1.54, 1.807) is 31.4 Å². The zero-order valence-electron chi connectivity index (χ0n) is 11.7. The zero-order chi connectivity index (χ0) is 15.5. The molecule has 0 fully saturated rings. The number of nitrogens with zero attached hydrogens (tertiary/aromatic N) is 2. The smallest absolute Gasteiger partial charge is 0.269 e. The van der Waals surface area contributed by atoms with E-state index in [4.69, 9.17) is 4.74 Å². The van der Waals surface area contributed by atoms with Gasteiger partial charge in [0, 0.05) is 5.56 Å². The van der Waals surface area contributed by atoms with Crippen molar-refractivity contribution < 1.29 is 4.74 Å². The van der Waals surface area contributed by atoms with Crippen LogP contribution in [0.2, 0.25) is 0 Å². The van der Waals surface area contributed by atoms with Crippen molar-refractivity contribution in [2.45, 2.75) is 0 Å². The van der Waals surface area contributed by atoms with Crippen molar-refractivity contribution in [2.24, 2.45) is 0 Å². The summed E-state index contributed by atoms with van der Waals surface area (Å²) < 4.78 is 5.12. The Kier molecular flexibility index (Phi) is 3.73. The molecule has 0 atom stereocenters. The number of aromatic amines is 1. The lowest BCUT2D eigenvalue weighted by Crippen LogP contribution is -2.14. The summed E-state index contributed by atoms with van der Waals surface area (Å²) in [6.07, 6.45) is 0. The van der Waals surface area contributed by atoms with Gasteiger partial charge >= 0.3 is 0 Å². The minimum Gasteiger partial charge on any atom is -0.497 e. The van der Waals surface area contributed by atoms with Gasteiger partial charge in [-0.25, -0.2) is 4.98 Å². The topological polar surface area (TPSA) is 78.8 Å². The van der Waals surface area contributed by atoms with E-state index in [0.29, 0.717) is 22.8 Å². The minimum absolute atomic E-state index is 0.00507. The molecule has 2 heterocycles. The number of methoxy groups -OCH3 is 1. The molecule has 6 heteroatoms. The van der Waals surface area contributed by atoms with Crippen molar-refractivity contribution >= 4 is 11.3 Å². The second kappa shape index (κ2) is 5.84. The highest BCUT2D eigenvalue weighted by molar-refractivity contribution is 7.13. The van der Waals surface area contributed by atoms with Gasteiger partial charge in [-0.3, -0.25) is 4.79 Å². The van der Waals surface area contributed by atoms with E-state index in [1.807, 2.05) is 23.6 Å². The molecule has 0 spiro atoms. The van der Waals surface area contributed by atoms with E-state index >= 15 is 0 Å². The predicted molar refractivity (Wildman–Crippen MR) is 84.9 cm³/mol.